The number of alkyl halides is 3. The summed E-state index contributed by atoms with van der Waals surface area (Å²) >= 11 is 0. The molecule has 3 rings (SSSR count). The quantitative estimate of drug-likeness (QED) is 0.552. The Morgan fingerprint density at radius 3 is 2.72 bits per heavy atom. The summed E-state index contributed by atoms with van der Waals surface area (Å²) in [5, 5.41) is 13.4. The second-order valence-corrected chi connectivity index (χ2v) is 7.66. The molecule has 2 aliphatic heterocycles. The Morgan fingerprint density at radius 2 is 2.10 bits per heavy atom. The number of ether oxygens (including phenoxy) is 2. The number of benzene rings is 1. The Labute approximate surface area is 168 Å². The Kier molecular flexibility index (Phi) is 6.89. The Morgan fingerprint density at radius 1 is 1.34 bits per heavy atom. The normalized spacial score (nSPS) is 23.6. The van der Waals surface area contributed by atoms with Crippen molar-refractivity contribution in [3.05, 3.63) is 29.8 Å². The fourth-order valence-electron chi connectivity index (χ4n) is 3.69. The SMILES string of the molecule is CCNC(=NCC(O)COc1ccc(C(F)(F)F)cc1)N1CCC2(CCOC2)C1. The molecule has 2 saturated heterocycles. The molecule has 2 unspecified atom stereocenters. The van der Waals surface area contributed by atoms with Crippen LogP contribution >= 0.6 is 0 Å². The number of likely N-dealkylation sites (tertiary alicyclic amines) is 1. The van der Waals surface area contributed by atoms with Gasteiger partial charge in [-0.25, -0.2) is 0 Å². The molecule has 0 aliphatic carbocycles. The second kappa shape index (κ2) is 9.21. The number of rotatable bonds is 6. The fraction of sp³-hybridized carbons (Fsp3) is 0.650. The van der Waals surface area contributed by atoms with Crippen molar-refractivity contribution in [2.45, 2.75) is 32.0 Å². The van der Waals surface area contributed by atoms with Gasteiger partial charge in [0.1, 0.15) is 18.5 Å². The summed E-state index contributed by atoms with van der Waals surface area (Å²) in [4.78, 5) is 6.72. The lowest BCUT2D eigenvalue weighted by Crippen LogP contribution is -2.42. The summed E-state index contributed by atoms with van der Waals surface area (Å²) in [6, 6.07) is 4.41. The zero-order valence-electron chi connectivity index (χ0n) is 16.5. The van der Waals surface area contributed by atoms with Crippen LogP contribution in [0, 0.1) is 5.41 Å². The number of nitrogens with one attached hydrogen (secondary N) is 1. The number of guanidine groups is 1. The fourth-order valence-corrected chi connectivity index (χ4v) is 3.69. The summed E-state index contributed by atoms with van der Waals surface area (Å²) < 4.78 is 48.7. The highest BCUT2D eigenvalue weighted by Gasteiger charge is 2.42. The van der Waals surface area contributed by atoms with Gasteiger partial charge in [-0.3, -0.25) is 4.99 Å². The van der Waals surface area contributed by atoms with Crippen LogP contribution in [0.1, 0.15) is 25.3 Å². The van der Waals surface area contributed by atoms with Crippen LogP contribution < -0.4 is 10.1 Å². The maximum atomic E-state index is 12.6. The van der Waals surface area contributed by atoms with Gasteiger partial charge in [0.05, 0.1) is 18.7 Å². The van der Waals surface area contributed by atoms with E-state index in [1.165, 1.54) is 12.1 Å². The second-order valence-electron chi connectivity index (χ2n) is 7.66. The lowest BCUT2D eigenvalue weighted by molar-refractivity contribution is -0.137. The van der Waals surface area contributed by atoms with Crippen molar-refractivity contribution in [2.24, 2.45) is 10.4 Å². The molecule has 0 radical (unpaired) electrons. The number of aliphatic hydroxyl groups excluding tert-OH is 1. The Balaban J connectivity index is 1.50. The van der Waals surface area contributed by atoms with Gasteiger partial charge in [-0.15, -0.1) is 0 Å². The van der Waals surface area contributed by atoms with Gasteiger partial charge in [0.25, 0.3) is 0 Å². The van der Waals surface area contributed by atoms with Gasteiger partial charge in [-0.05, 0) is 44.0 Å². The molecular weight excluding hydrogens is 387 g/mol. The molecule has 1 aromatic rings. The van der Waals surface area contributed by atoms with E-state index in [9.17, 15) is 18.3 Å². The van der Waals surface area contributed by atoms with Crippen LogP contribution in [-0.4, -0.2) is 68.1 Å². The van der Waals surface area contributed by atoms with Crippen molar-refractivity contribution >= 4 is 5.96 Å². The van der Waals surface area contributed by atoms with E-state index in [-0.39, 0.29) is 24.3 Å². The molecule has 1 aromatic carbocycles. The molecule has 0 saturated carbocycles. The monoisotopic (exact) mass is 415 g/mol. The molecule has 1 spiro atoms. The predicted octanol–water partition coefficient (Wildman–Crippen LogP) is 2.52. The van der Waals surface area contributed by atoms with E-state index in [0.29, 0.717) is 0 Å². The maximum Gasteiger partial charge on any atom is 0.416 e. The third kappa shape index (κ3) is 5.76. The summed E-state index contributed by atoms with van der Waals surface area (Å²) in [6.07, 6.45) is -3.12. The molecule has 2 aliphatic rings. The highest BCUT2D eigenvalue weighted by Crippen LogP contribution is 2.38. The molecule has 9 heteroatoms. The molecule has 0 amide bonds. The van der Waals surface area contributed by atoms with E-state index in [2.05, 4.69) is 15.2 Å². The van der Waals surface area contributed by atoms with E-state index < -0.39 is 17.8 Å². The number of halogens is 3. The van der Waals surface area contributed by atoms with E-state index >= 15 is 0 Å². The van der Waals surface area contributed by atoms with Crippen LogP contribution in [0.15, 0.2) is 29.3 Å². The lowest BCUT2D eigenvalue weighted by atomic mass is 9.87. The van der Waals surface area contributed by atoms with Gasteiger partial charge in [-0.2, -0.15) is 13.2 Å². The van der Waals surface area contributed by atoms with Crippen LogP contribution in [0.5, 0.6) is 5.75 Å². The number of aliphatic hydroxyl groups is 1. The molecule has 0 bridgehead atoms. The van der Waals surface area contributed by atoms with Crippen molar-refractivity contribution in [1.82, 2.24) is 10.2 Å². The van der Waals surface area contributed by atoms with Gasteiger partial charge in [-0.1, -0.05) is 0 Å². The predicted molar refractivity (Wildman–Crippen MR) is 103 cm³/mol. The first-order valence-electron chi connectivity index (χ1n) is 9.90. The van der Waals surface area contributed by atoms with E-state index in [1.54, 1.807) is 0 Å². The highest BCUT2D eigenvalue weighted by molar-refractivity contribution is 5.80. The van der Waals surface area contributed by atoms with E-state index in [1.807, 2.05) is 6.92 Å². The zero-order valence-corrected chi connectivity index (χ0v) is 16.5. The van der Waals surface area contributed by atoms with Gasteiger partial charge >= 0.3 is 6.18 Å². The van der Waals surface area contributed by atoms with Crippen LogP contribution in [-0.2, 0) is 10.9 Å². The molecule has 2 heterocycles. The summed E-state index contributed by atoms with van der Waals surface area (Å²) in [5.41, 5.74) is -0.526. The number of hydrogen-bond acceptors (Lipinski definition) is 4. The Bertz CT molecular complexity index is 688. The van der Waals surface area contributed by atoms with Crippen LogP contribution in [0.4, 0.5) is 13.2 Å². The first-order valence-corrected chi connectivity index (χ1v) is 9.90. The third-order valence-electron chi connectivity index (χ3n) is 5.33. The van der Waals surface area contributed by atoms with Crippen molar-refractivity contribution in [3.63, 3.8) is 0 Å². The molecular formula is C20H28F3N3O3. The number of aliphatic imine (C=N–C) groups is 1. The third-order valence-corrected chi connectivity index (χ3v) is 5.33. The van der Waals surface area contributed by atoms with Crippen molar-refractivity contribution in [3.8, 4) is 5.75 Å². The maximum absolute atomic E-state index is 12.6. The standard InChI is InChI=1S/C20H28F3N3O3/c1-2-24-18(26-9-7-19(13-26)8-10-28-14-19)25-11-16(27)12-29-17-5-3-15(4-6-17)20(21,22)23/h3-6,16,27H,2,7-14H2,1H3,(H,24,25). The minimum absolute atomic E-state index is 0.0496. The van der Waals surface area contributed by atoms with Crippen LogP contribution in [0.3, 0.4) is 0 Å². The molecule has 0 aromatic heterocycles. The largest absolute Gasteiger partial charge is 0.491 e. The van der Waals surface area contributed by atoms with Crippen molar-refractivity contribution < 1.29 is 27.8 Å². The van der Waals surface area contributed by atoms with Crippen molar-refractivity contribution in [1.29, 1.82) is 0 Å². The molecule has 162 valence electrons. The average molecular weight is 415 g/mol. The zero-order chi connectivity index (χ0) is 20.9. The summed E-state index contributed by atoms with van der Waals surface area (Å²) in [7, 11) is 0. The lowest BCUT2D eigenvalue weighted by Gasteiger charge is -2.25. The molecule has 2 N–H and O–H groups in total. The van der Waals surface area contributed by atoms with Crippen LogP contribution in [0.2, 0.25) is 0 Å². The topological polar surface area (TPSA) is 66.3 Å². The van der Waals surface area contributed by atoms with E-state index in [4.69, 9.17) is 9.47 Å². The van der Waals surface area contributed by atoms with Crippen molar-refractivity contribution in [2.75, 3.05) is 46.0 Å². The minimum Gasteiger partial charge on any atom is -0.491 e. The first-order chi connectivity index (χ1) is 13.8. The average Bonchev–Trinajstić information content (AvgIpc) is 3.33. The summed E-state index contributed by atoms with van der Waals surface area (Å²) in [5.74, 6) is 1.03. The first kappa shape index (κ1) is 21.7. The smallest absolute Gasteiger partial charge is 0.416 e. The highest BCUT2D eigenvalue weighted by atomic mass is 19.4. The van der Waals surface area contributed by atoms with Gasteiger partial charge in [0.2, 0.25) is 0 Å². The van der Waals surface area contributed by atoms with Crippen LogP contribution in [0.25, 0.3) is 0 Å². The minimum atomic E-state index is -4.38. The van der Waals surface area contributed by atoms with Gasteiger partial charge in [0.15, 0.2) is 5.96 Å². The molecule has 29 heavy (non-hydrogen) atoms. The molecule has 6 nitrogen and oxygen atoms in total. The van der Waals surface area contributed by atoms with Gasteiger partial charge < -0.3 is 24.8 Å². The Hall–Kier alpha value is -2.00. The number of nitrogens with zero attached hydrogens (tertiary/aromatic N) is 2. The van der Waals surface area contributed by atoms with E-state index in [0.717, 1.165) is 63.8 Å². The number of hydrogen-bond donors (Lipinski definition) is 2. The van der Waals surface area contributed by atoms with Gasteiger partial charge in [0, 0.05) is 31.7 Å². The molecule has 2 atom stereocenters. The summed E-state index contributed by atoms with van der Waals surface area (Å²) in [6.45, 7) is 6.18. The molecule has 2 fully saturated rings.